The Labute approximate surface area is 561 Å². The number of nitrogens with zero attached hydrogens (tertiary/aromatic N) is 7. The van der Waals surface area contributed by atoms with E-state index in [0.29, 0.717) is 109 Å². The summed E-state index contributed by atoms with van der Waals surface area (Å²) in [5, 5.41) is 41.3. The molecule has 7 aromatic carbocycles. The zero-order valence-corrected chi connectivity index (χ0v) is 55.0. The summed E-state index contributed by atoms with van der Waals surface area (Å²) in [6, 6.07) is 42.6. The van der Waals surface area contributed by atoms with E-state index in [2.05, 4.69) is 25.0 Å². The van der Waals surface area contributed by atoms with Gasteiger partial charge in [-0.25, -0.2) is 19.9 Å². The Morgan fingerprint density at radius 2 is 0.947 bits per heavy atom. The standard InChI is InChI=1S/C25H23ClF3N3O2.C24H21ClF3N3O2.C22H14Cl3NO/c1-13-21(14(2)32(3)31-13)23(33)16-7-10-20-18(12-16)22(26)19(24(30-20)34-4)11-15-5-8-17(9-6-15)25(27,28)29;1-13-29-12-20(31(13)2)22(32)15-6-9-19-17(11-15)21(25)18(23(30-19)33-3)10-14-4-7-16(8-5-14)24(26,27)28;23-16-9-6-14(7-10-16)21(27)15-8-11-18-17(12-15)20(24)19(22(25)26-18)13-4-2-1-3-5-13/h5-10,12,23,33H,11H2,1-4H3;4-9,11-12,22,32H,10H2,1-3H3;1-12,21,27H. The second-order valence-electron chi connectivity index (χ2n) is 22.1. The summed E-state index contributed by atoms with van der Waals surface area (Å²) >= 11 is 32.5. The van der Waals surface area contributed by atoms with Crippen LogP contribution in [0.25, 0.3) is 43.8 Å². The van der Waals surface area contributed by atoms with Crippen molar-refractivity contribution in [3.8, 4) is 22.9 Å². The van der Waals surface area contributed by atoms with Crippen LogP contribution < -0.4 is 9.47 Å². The van der Waals surface area contributed by atoms with Crippen LogP contribution in [-0.2, 0) is 39.3 Å². The Kier molecular flexibility index (Phi) is 20.7. The summed E-state index contributed by atoms with van der Waals surface area (Å²) in [6.07, 6.45) is -9.34. The van der Waals surface area contributed by atoms with E-state index in [-0.39, 0.29) is 12.8 Å². The number of aromatic nitrogens is 7. The number of aliphatic hydroxyl groups is 3. The average Bonchev–Trinajstić information content (AvgIpc) is 0.815. The molecule has 3 atom stereocenters. The Morgan fingerprint density at radius 3 is 1.37 bits per heavy atom. The quantitative estimate of drug-likeness (QED) is 0.0751. The Morgan fingerprint density at radius 1 is 0.511 bits per heavy atom. The number of aryl methyl sites for hydroxylation is 3. The molecule has 94 heavy (non-hydrogen) atoms. The smallest absolute Gasteiger partial charge is 0.416 e. The van der Waals surface area contributed by atoms with Gasteiger partial charge in [0.1, 0.15) is 29.3 Å². The van der Waals surface area contributed by atoms with Crippen LogP contribution in [0.2, 0.25) is 25.2 Å². The molecule has 0 saturated heterocycles. The first-order chi connectivity index (χ1) is 44.6. The van der Waals surface area contributed by atoms with E-state index in [0.717, 1.165) is 69.1 Å². The molecule has 0 fully saturated rings. The van der Waals surface area contributed by atoms with Crippen molar-refractivity contribution < 1.29 is 51.1 Å². The lowest BCUT2D eigenvalue weighted by Crippen LogP contribution is -2.07. The van der Waals surface area contributed by atoms with Gasteiger partial charge in [-0.3, -0.25) is 4.68 Å². The number of methoxy groups -OCH3 is 2. The van der Waals surface area contributed by atoms with Gasteiger partial charge in [0.05, 0.1) is 74.5 Å². The molecule has 0 amide bonds. The van der Waals surface area contributed by atoms with Gasteiger partial charge in [0.25, 0.3) is 0 Å². The molecule has 3 unspecified atom stereocenters. The molecule has 12 aromatic rings. The number of hydrogen-bond acceptors (Lipinski definition) is 10. The third-order valence-electron chi connectivity index (χ3n) is 16.2. The third-order valence-corrected chi connectivity index (χ3v) is 18.0. The van der Waals surface area contributed by atoms with E-state index in [1.54, 1.807) is 76.1 Å². The van der Waals surface area contributed by atoms with E-state index >= 15 is 0 Å². The molecule has 5 aromatic heterocycles. The van der Waals surface area contributed by atoms with Crippen molar-refractivity contribution in [1.29, 1.82) is 0 Å². The van der Waals surface area contributed by atoms with Gasteiger partial charge in [-0.15, -0.1) is 0 Å². The van der Waals surface area contributed by atoms with Crippen LogP contribution in [0.15, 0.2) is 164 Å². The van der Waals surface area contributed by atoms with Crippen LogP contribution >= 0.6 is 58.0 Å². The maximum atomic E-state index is 12.9. The van der Waals surface area contributed by atoms with Crippen LogP contribution in [0, 0.1) is 20.8 Å². The topological polar surface area (TPSA) is 153 Å². The zero-order chi connectivity index (χ0) is 67.7. The molecule has 12 nitrogen and oxygen atoms in total. The molecule has 0 radical (unpaired) electrons. The highest BCUT2D eigenvalue weighted by molar-refractivity contribution is 6.42. The van der Waals surface area contributed by atoms with Crippen molar-refractivity contribution >= 4 is 90.7 Å². The number of ether oxygens (including phenoxy) is 2. The number of halogens is 11. The van der Waals surface area contributed by atoms with Gasteiger partial charge < -0.3 is 29.4 Å². The molecule has 0 spiro atoms. The number of pyridine rings is 3. The van der Waals surface area contributed by atoms with Crippen molar-refractivity contribution in [2.75, 3.05) is 14.2 Å². The molecule has 5 heterocycles. The van der Waals surface area contributed by atoms with Gasteiger partial charge in [-0.2, -0.15) is 31.4 Å². The predicted octanol–water partition coefficient (Wildman–Crippen LogP) is 18.5. The summed E-state index contributed by atoms with van der Waals surface area (Å²) in [5.41, 5.74) is 9.99. The molecule has 0 bridgehead atoms. The first-order valence-electron chi connectivity index (χ1n) is 28.9. The fourth-order valence-corrected chi connectivity index (χ4v) is 12.3. The van der Waals surface area contributed by atoms with Gasteiger partial charge in [-0.1, -0.05) is 143 Å². The van der Waals surface area contributed by atoms with Crippen molar-refractivity contribution in [2.45, 2.75) is 64.3 Å². The largest absolute Gasteiger partial charge is 0.481 e. The van der Waals surface area contributed by atoms with Crippen LogP contribution in [-0.4, -0.2) is 63.8 Å². The van der Waals surface area contributed by atoms with Gasteiger partial charge in [0.15, 0.2) is 0 Å². The van der Waals surface area contributed by atoms with E-state index in [4.69, 9.17) is 67.5 Å². The number of fused-ring (bicyclic) bond motifs is 3. The second-order valence-corrected chi connectivity index (χ2v) is 24.0. The van der Waals surface area contributed by atoms with Crippen LogP contribution in [0.4, 0.5) is 26.3 Å². The lowest BCUT2D eigenvalue weighted by atomic mass is 9.97. The molecule has 0 aliphatic rings. The molecule has 0 saturated carbocycles. The number of benzene rings is 7. The molecule has 23 heteroatoms. The second kappa shape index (κ2) is 28.3. The van der Waals surface area contributed by atoms with Crippen molar-refractivity contribution in [3.63, 3.8) is 0 Å². The highest BCUT2D eigenvalue weighted by Crippen LogP contribution is 2.42. The maximum absolute atomic E-state index is 12.9. The van der Waals surface area contributed by atoms with E-state index < -0.39 is 41.8 Å². The molecular formula is C71H58Cl5F6N7O5. The van der Waals surface area contributed by atoms with Gasteiger partial charge >= 0.3 is 12.4 Å². The average molecular weight is 1380 g/mol. The predicted molar refractivity (Wildman–Crippen MR) is 357 cm³/mol. The summed E-state index contributed by atoms with van der Waals surface area (Å²) in [5.74, 6) is 1.36. The molecule has 484 valence electrons. The van der Waals surface area contributed by atoms with Crippen LogP contribution in [0.5, 0.6) is 11.8 Å². The number of imidazole rings is 1. The SMILES string of the molecule is COc1nc2ccc(C(O)c3c(C)nn(C)c3C)cc2c(Cl)c1Cc1ccc(C(F)(F)F)cc1.COc1nc2ccc(C(O)c3cnc(C)n3C)cc2c(Cl)c1Cc1ccc(C(F)(F)F)cc1.OC(c1ccc(Cl)cc1)c1ccc2nc(Cl)c(-c3ccccc3)c(Cl)c2c1. The minimum atomic E-state index is -4.40. The van der Waals surface area contributed by atoms with Gasteiger partial charge in [0.2, 0.25) is 11.8 Å². The first-order valence-corrected chi connectivity index (χ1v) is 30.8. The summed E-state index contributed by atoms with van der Waals surface area (Å²) in [6.45, 7) is 5.58. The number of alkyl halides is 6. The van der Waals surface area contributed by atoms with E-state index in [9.17, 15) is 41.7 Å². The Balaban J connectivity index is 0.000000155. The molecule has 12 rings (SSSR count). The fourth-order valence-electron chi connectivity index (χ4n) is 10.9. The van der Waals surface area contributed by atoms with E-state index in [1.807, 2.05) is 83.4 Å². The number of rotatable bonds is 13. The van der Waals surface area contributed by atoms with Crippen LogP contribution in [0.1, 0.15) is 102 Å². The highest BCUT2D eigenvalue weighted by atomic mass is 35.5. The Bertz CT molecular complexity index is 4750. The fraction of sp³-hybridized carbons (Fsp3) is 0.197. The van der Waals surface area contributed by atoms with E-state index in [1.165, 1.54) is 38.5 Å². The normalized spacial score (nSPS) is 12.7. The summed E-state index contributed by atoms with van der Waals surface area (Å²) in [4.78, 5) is 17.8. The lowest BCUT2D eigenvalue weighted by molar-refractivity contribution is -0.138. The third kappa shape index (κ3) is 14.6. The van der Waals surface area contributed by atoms with Crippen molar-refractivity contribution in [3.05, 3.63) is 273 Å². The first kappa shape index (κ1) is 68.6. The van der Waals surface area contributed by atoms with Crippen molar-refractivity contribution in [1.82, 2.24) is 34.3 Å². The van der Waals surface area contributed by atoms with Gasteiger partial charge in [-0.05, 0) is 133 Å². The maximum Gasteiger partial charge on any atom is 0.416 e. The number of aliphatic hydroxyl groups excluding tert-OH is 3. The highest BCUT2D eigenvalue weighted by Gasteiger charge is 2.32. The lowest BCUT2D eigenvalue weighted by Gasteiger charge is -2.16. The molecule has 0 aliphatic carbocycles. The van der Waals surface area contributed by atoms with Gasteiger partial charge in [0, 0.05) is 76.1 Å². The van der Waals surface area contributed by atoms with Crippen molar-refractivity contribution in [2.24, 2.45) is 14.1 Å². The minimum Gasteiger partial charge on any atom is -0.481 e. The monoisotopic (exact) mass is 1380 g/mol. The minimum absolute atomic E-state index is 0.233. The number of hydrogen-bond donors (Lipinski definition) is 3. The zero-order valence-electron chi connectivity index (χ0n) is 51.2. The molecule has 3 N–H and O–H groups in total. The summed E-state index contributed by atoms with van der Waals surface area (Å²) in [7, 11) is 6.57. The van der Waals surface area contributed by atoms with Crippen LogP contribution in [0.3, 0.4) is 0 Å². The summed E-state index contributed by atoms with van der Waals surface area (Å²) < 4.78 is 91.7. The molecule has 0 aliphatic heterocycles. The molecular weight excluding hydrogens is 1320 g/mol. The Hall–Kier alpha value is -8.30.